The van der Waals surface area contributed by atoms with Crippen LogP contribution in [0.25, 0.3) is 0 Å². The minimum atomic E-state index is -2.74. The van der Waals surface area contributed by atoms with Crippen LogP contribution in [-0.2, 0) is 20.7 Å². The molecule has 1 aliphatic heterocycles. The molecule has 3 rings (SSSR count). The number of benzene rings is 2. The highest BCUT2D eigenvalue weighted by atomic mass is 31.1. The van der Waals surface area contributed by atoms with Gasteiger partial charge in [0, 0.05) is 18.5 Å². The summed E-state index contributed by atoms with van der Waals surface area (Å²) in [6, 6.07) is 17.1. The second-order valence-corrected chi connectivity index (χ2v) is 8.33. The Balaban J connectivity index is 1.75. The van der Waals surface area contributed by atoms with E-state index >= 15 is 0 Å². The molecule has 0 radical (unpaired) electrons. The van der Waals surface area contributed by atoms with Gasteiger partial charge < -0.3 is 4.74 Å². The van der Waals surface area contributed by atoms with Crippen molar-refractivity contribution in [2.45, 2.75) is 24.7 Å². The summed E-state index contributed by atoms with van der Waals surface area (Å²) < 4.78 is 18.3. The number of alkyl carbamates (subject to hydrolysis) is 1. The normalized spacial score (nSPS) is 19.0. The summed E-state index contributed by atoms with van der Waals surface area (Å²) >= 11 is 0. The van der Waals surface area contributed by atoms with Crippen LogP contribution in [0.2, 0.25) is 0 Å². The summed E-state index contributed by atoms with van der Waals surface area (Å²) in [5.74, 6) is 4.35. The number of nitrogens with one attached hydrogen (secondary N) is 2. The largest absolute Gasteiger partial charge is 0.501 e. The summed E-state index contributed by atoms with van der Waals surface area (Å²) in [5, 5.41) is 3.75. The zero-order chi connectivity index (χ0) is 21.6. The van der Waals surface area contributed by atoms with Gasteiger partial charge in [0.15, 0.2) is 0 Å². The van der Waals surface area contributed by atoms with E-state index < -0.39 is 31.1 Å². The Morgan fingerprint density at radius 2 is 1.73 bits per heavy atom. The number of nitrogens with two attached hydrogens (primary N) is 1. The van der Waals surface area contributed by atoms with E-state index in [4.69, 9.17) is 10.6 Å². The highest BCUT2D eigenvalue weighted by molar-refractivity contribution is 7.46. The summed E-state index contributed by atoms with van der Waals surface area (Å²) in [6.07, 6.45) is -0.493. The molecular weight excluding hydrogens is 407 g/mol. The molecule has 4 N–H and O–H groups in total. The molecule has 1 saturated heterocycles. The highest BCUT2D eigenvalue weighted by Crippen LogP contribution is 2.41. The minimum Gasteiger partial charge on any atom is -0.445 e. The van der Waals surface area contributed by atoms with Crippen LogP contribution in [0.3, 0.4) is 0 Å². The van der Waals surface area contributed by atoms with Gasteiger partial charge in [-0.25, -0.2) is 10.6 Å². The van der Waals surface area contributed by atoms with E-state index in [0.717, 1.165) is 10.6 Å². The van der Waals surface area contributed by atoms with Gasteiger partial charge in [-0.2, -0.15) is 0 Å². The van der Waals surface area contributed by atoms with Gasteiger partial charge in [-0.05, 0) is 28.7 Å². The maximum atomic E-state index is 13.1. The molecule has 3 amide bonds. The van der Waals surface area contributed by atoms with Crippen LogP contribution in [0.4, 0.5) is 4.79 Å². The van der Waals surface area contributed by atoms with Crippen LogP contribution in [0, 0.1) is 0 Å². The van der Waals surface area contributed by atoms with Crippen molar-refractivity contribution in [3.63, 3.8) is 0 Å². The van der Waals surface area contributed by atoms with Crippen molar-refractivity contribution in [1.29, 1.82) is 0 Å². The summed E-state index contributed by atoms with van der Waals surface area (Å²) in [5.41, 5.74) is 1.02. The Hall–Kier alpha value is -3.29. The van der Waals surface area contributed by atoms with Crippen molar-refractivity contribution >= 4 is 25.9 Å². The fourth-order valence-electron chi connectivity index (χ4n) is 3.08. The molecule has 1 aliphatic rings. The summed E-state index contributed by atoms with van der Waals surface area (Å²) in [7, 11) is -2.74. The number of ether oxygens (including phenoxy) is 1. The Morgan fingerprint density at radius 1 is 1.10 bits per heavy atom. The molecule has 0 aliphatic carbocycles. The van der Waals surface area contributed by atoms with Gasteiger partial charge in [-0.3, -0.25) is 19.9 Å². The zero-order valence-electron chi connectivity index (χ0n) is 16.1. The molecule has 30 heavy (non-hydrogen) atoms. The van der Waals surface area contributed by atoms with E-state index in [1.54, 1.807) is 54.6 Å². The number of nitrogens with zero attached hydrogens (tertiary/aromatic N) is 1. The van der Waals surface area contributed by atoms with Crippen LogP contribution >= 0.6 is 7.95 Å². The van der Waals surface area contributed by atoms with Crippen molar-refractivity contribution in [3.8, 4) is 0 Å². The average Bonchev–Trinajstić information content (AvgIpc) is 2.76. The predicted molar refractivity (Wildman–Crippen MR) is 109 cm³/mol. The molecular formula is C20H22N4O5P+. The molecule has 0 aromatic heterocycles. The van der Waals surface area contributed by atoms with E-state index in [1.165, 1.54) is 0 Å². The first-order valence-electron chi connectivity index (χ1n) is 9.31. The second kappa shape index (κ2) is 9.47. The number of piperidine rings is 1. The Labute approximate surface area is 174 Å². The van der Waals surface area contributed by atoms with Gasteiger partial charge in [0.05, 0.1) is 0 Å². The first kappa shape index (κ1) is 21.4. The maximum absolute atomic E-state index is 13.1. The fourth-order valence-corrected chi connectivity index (χ4v) is 4.44. The van der Waals surface area contributed by atoms with Crippen molar-refractivity contribution in [3.05, 3.63) is 71.8 Å². The quantitative estimate of drug-likeness (QED) is 0.367. The summed E-state index contributed by atoms with van der Waals surface area (Å²) in [4.78, 5) is 37.7. The lowest BCUT2D eigenvalue weighted by molar-refractivity contribution is -0.138. The number of hydrogen-bond acceptors (Lipinski definition) is 6. The summed E-state index contributed by atoms with van der Waals surface area (Å²) in [6.45, 7) is 0.216. The van der Waals surface area contributed by atoms with Crippen LogP contribution in [0.1, 0.15) is 28.8 Å². The molecule has 2 unspecified atom stereocenters. The first-order chi connectivity index (χ1) is 14.4. The van der Waals surface area contributed by atoms with Crippen molar-refractivity contribution in [1.82, 2.24) is 15.4 Å². The molecule has 0 bridgehead atoms. The number of rotatable bonds is 6. The second-order valence-electron chi connectivity index (χ2n) is 6.75. The van der Waals surface area contributed by atoms with E-state index in [9.17, 15) is 18.9 Å². The average molecular weight is 429 g/mol. The van der Waals surface area contributed by atoms with Gasteiger partial charge >= 0.3 is 25.2 Å². The number of hydrazine groups is 1. The standard InChI is InChI=1S/C20H21N4O5P/c21-24-13-7-12-20(18(24)26,22-19(27)29-14-15-8-3-1-4-9-15)30(28)23-17(25)16-10-5-2-6-11-16/h1-6,8-11H,7,12-14,21H2,(H-,22,23,25,27,28)/p+1. The molecule has 1 heterocycles. The third-order valence-electron chi connectivity index (χ3n) is 4.66. The van der Waals surface area contributed by atoms with Crippen LogP contribution in [0.5, 0.6) is 0 Å². The van der Waals surface area contributed by atoms with Crippen molar-refractivity contribution in [2.24, 2.45) is 5.84 Å². The van der Waals surface area contributed by atoms with Gasteiger partial charge in [0.25, 0.3) is 5.91 Å². The Bertz CT molecular complexity index is 941. The van der Waals surface area contributed by atoms with Gasteiger partial charge in [0.2, 0.25) is 0 Å². The first-order valence-corrected chi connectivity index (χ1v) is 10.6. The van der Waals surface area contributed by atoms with Crippen molar-refractivity contribution < 1.29 is 23.7 Å². The molecule has 0 saturated carbocycles. The lowest BCUT2D eigenvalue weighted by Crippen LogP contribution is -2.63. The molecule has 10 heteroatoms. The van der Waals surface area contributed by atoms with Gasteiger partial charge in [0.1, 0.15) is 6.61 Å². The van der Waals surface area contributed by atoms with E-state index in [2.05, 4.69) is 10.4 Å². The highest BCUT2D eigenvalue weighted by Gasteiger charge is 2.62. The topological polar surface area (TPSA) is 131 Å². The molecule has 9 nitrogen and oxygen atoms in total. The predicted octanol–water partition coefficient (Wildman–Crippen LogP) is 2.28. The number of hydrogen-bond donors (Lipinski definition) is 3. The van der Waals surface area contributed by atoms with E-state index in [1.807, 2.05) is 6.07 Å². The van der Waals surface area contributed by atoms with Crippen LogP contribution in [-0.4, -0.2) is 34.7 Å². The third-order valence-corrected chi connectivity index (χ3v) is 6.29. The molecule has 2 atom stereocenters. The Kier molecular flexibility index (Phi) is 6.76. The van der Waals surface area contributed by atoms with E-state index in [-0.39, 0.29) is 25.1 Å². The van der Waals surface area contributed by atoms with E-state index in [0.29, 0.717) is 6.42 Å². The monoisotopic (exact) mass is 429 g/mol. The number of carbonyl (C=O) groups is 3. The van der Waals surface area contributed by atoms with Crippen LogP contribution in [0.15, 0.2) is 60.7 Å². The lowest BCUT2D eigenvalue weighted by atomic mass is 10.1. The minimum absolute atomic E-state index is 0.0313. The lowest BCUT2D eigenvalue weighted by Gasteiger charge is -2.31. The molecule has 2 aromatic rings. The molecule has 156 valence electrons. The fraction of sp³-hybridized carbons (Fsp3) is 0.250. The smallest absolute Gasteiger partial charge is 0.445 e. The number of amides is 3. The number of carbonyl (C=O) groups excluding carboxylic acids is 3. The SMILES string of the molecule is NN1CCCC(NC(=O)OCc2ccccc2)([P+](=O)NC(=O)c2ccccc2)C1=O. The molecule has 2 aromatic carbocycles. The third kappa shape index (κ3) is 4.82. The zero-order valence-corrected chi connectivity index (χ0v) is 17.0. The maximum Gasteiger partial charge on any atom is 0.501 e. The van der Waals surface area contributed by atoms with Gasteiger partial charge in [-0.15, -0.1) is 5.09 Å². The molecule has 0 spiro atoms. The van der Waals surface area contributed by atoms with Crippen LogP contribution < -0.4 is 16.2 Å². The molecule has 1 fully saturated rings. The van der Waals surface area contributed by atoms with Crippen molar-refractivity contribution in [2.75, 3.05) is 6.54 Å². The Morgan fingerprint density at radius 3 is 2.40 bits per heavy atom. The van der Waals surface area contributed by atoms with Gasteiger partial charge in [-0.1, -0.05) is 48.5 Å².